The highest BCUT2D eigenvalue weighted by molar-refractivity contribution is 5.99. The second kappa shape index (κ2) is 11.6. The van der Waals surface area contributed by atoms with Crippen molar-refractivity contribution in [2.24, 2.45) is 11.8 Å². The molecule has 1 spiro atoms. The molecule has 0 radical (unpaired) electrons. The Hall–Kier alpha value is -2.97. The number of likely N-dealkylation sites (tertiary alicyclic amines) is 1. The van der Waals surface area contributed by atoms with Crippen LogP contribution in [0, 0.1) is 11.8 Å². The summed E-state index contributed by atoms with van der Waals surface area (Å²) in [7, 11) is 1.71. The molecule has 8 heteroatoms. The van der Waals surface area contributed by atoms with E-state index in [2.05, 4.69) is 20.1 Å². The number of hydrogen-bond acceptors (Lipinski definition) is 5. The number of amides is 3. The van der Waals surface area contributed by atoms with E-state index in [-0.39, 0.29) is 24.3 Å². The number of aliphatic hydroxyl groups excluding tert-OH is 1. The molecule has 3 amide bonds. The van der Waals surface area contributed by atoms with Crippen LogP contribution in [-0.2, 0) is 19.1 Å². The maximum absolute atomic E-state index is 14.6. The Morgan fingerprint density at radius 2 is 1.85 bits per heavy atom. The molecule has 3 saturated heterocycles. The molecular weight excluding hydrogens is 494 g/mol. The predicted molar refractivity (Wildman–Crippen MR) is 149 cm³/mol. The van der Waals surface area contributed by atoms with Crippen LogP contribution in [0.5, 0.6) is 0 Å². The summed E-state index contributed by atoms with van der Waals surface area (Å²) in [5.41, 5.74) is -1.23. The van der Waals surface area contributed by atoms with Crippen molar-refractivity contribution in [2.45, 2.75) is 69.2 Å². The quantitative estimate of drug-likeness (QED) is 0.390. The van der Waals surface area contributed by atoms with Gasteiger partial charge in [-0.3, -0.25) is 14.4 Å². The fourth-order valence-corrected chi connectivity index (χ4v) is 7.17. The smallest absolute Gasteiger partial charge is 0.248 e. The van der Waals surface area contributed by atoms with Crippen LogP contribution in [0.3, 0.4) is 0 Å². The van der Waals surface area contributed by atoms with E-state index in [4.69, 9.17) is 4.74 Å². The van der Waals surface area contributed by atoms with Gasteiger partial charge in [0.15, 0.2) is 0 Å². The Morgan fingerprint density at radius 3 is 2.44 bits per heavy atom. The monoisotopic (exact) mass is 537 g/mol. The molecule has 2 unspecified atom stereocenters. The molecule has 3 heterocycles. The van der Waals surface area contributed by atoms with Gasteiger partial charge in [0.2, 0.25) is 17.7 Å². The average Bonchev–Trinajstić information content (AvgIpc) is 3.55. The van der Waals surface area contributed by atoms with Gasteiger partial charge < -0.3 is 24.5 Å². The zero-order valence-corrected chi connectivity index (χ0v) is 23.6. The fourth-order valence-electron chi connectivity index (χ4n) is 7.17. The minimum Gasteiger partial charge on any atom is -0.394 e. The Kier molecular flexibility index (Phi) is 8.66. The highest BCUT2D eigenvalue weighted by atomic mass is 16.5. The SMILES string of the molecule is C=CCN(C)C(=O)[C@H]1[C@H]2C(=O)N([C@H](CO)c3ccccc3)C(C(=O)N(CC=C)CCCC)C23CC[C@]1(CC)O3. The van der Waals surface area contributed by atoms with E-state index in [0.717, 1.165) is 18.4 Å². The third-order valence-corrected chi connectivity index (χ3v) is 9.03. The number of nitrogens with zero attached hydrogens (tertiary/aromatic N) is 3. The van der Waals surface area contributed by atoms with E-state index in [1.54, 1.807) is 33.9 Å². The Bertz CT molecular complexity index is 1090. The van der Waals surface area contributed by atoms with Crippen LogP contribution in [0.2, 0.25) is 0 Å². The number of rotatable bonds is 13. The van der Waals surface area contributed by atoms with Crippen LogP contribution in [0.1, 0.15) is 57.6 Å². The number of carbonyl (C=O) groups is 3. The Balaban J connectivity index is 1.87. The molecule has 2 bridgehead atoms. The molecule has 3 fully saturated rings. The summed E-state index contributed by atoms with van der Waals surface area (Å²) in [6.45, 7) is 12.5. The van der Waals surface area contributed by atoms with Crippen molar-refractivity contribution in [1.82, 2.24) is 14.7 Å². The lowest BCUT2D eigenvalue weighted by molar-refractivity contribution is -0.157. The first kappa shape index (κ1) is 29.0. The molecular formula is C31H43N3O5. The van der Waals surface area contributed by atoms with Gasteiger partial charge in [-0.25, -0.2) is 0 Å². The molecule has 0 aliphatic carbocycles. The van der Waals surface area contributed by atoms with E-state index in [1.165, 1.54) is 0 Å². The summed E-state index contributed by atoms with van der Waals surface area (Å²) in [6.07, 6.45) is 6.73. The predicted octanol–water partition coefficient (Wildman–Crippen LogP) is 3.33. The number of aliphatic hydroxyl groups is 1. The van der Waals surface area contributed by atoms with Gasteiger partial charge in [-0.2, -0.15) is 0 Å². The van der Waals surface area contributed by atoms with Crippen molar-refractivity contribution in [3.63, 3.8) is 0 Å². The normalized spacial score (nSPS) is 29.7. The minimum absolute atomic E-state index is 0.168. The third kappa shape index (κ3) is 4.61. The zero-order chi connectivity index (χ0) is 28.4. The van der Waals surface area contributed by atoms with Crippen LogP contribution in [0.15, 0.2) is 55.6 Å². The lowest BCUT2D eigenvalue weighted by atomic mass is 9.64. The van der Waals surface area contributed by atoms with Crippen LogP contribution < -0.4 is 0 Å². The van der Waals surface area contributed by atoms with E-state index < -0.39 is 35.1 Å². The first-order valence-electron chi connectivity index (χ1n) is 14.2. The van der Waals surface area contributed by atoms with Crippen molar-refractivity contribution in [3.05, 3.63) is 61.2 Å². The highest BCUT2D eigenvalue weighted by Crippen LogP contribution is 2.65. The first-order valence-corrected chi connectivity index (χ1v) is 14.2. The maximum Gasteiger partial charge on any atom is 0.248 e. The third-order valence-electron chi connectivity index (χ3n) is 9.03. The number of ether oxygens (including phenoxy) is 1. The van der Waals surface area contributed by atoms with Crippen molar-refractivity contribution < 1.29 is 24.2 Å². The summed E-state index contributed by atoms with van der Waals surface area (Å²) in [5.74, 6) is -2.21. The molecule has 8 nitrogen and oxygen atoms in total. The van der Waals surface area contributed by atoms with Crippen molar-refractivity contribution >= 4 is 17.7 Å². The largest absolute Gasteiger partial charge is 0.394 e. The molecule has 3 aliphatic rings. The van der Waals surface area contributed by atoms with Gasteiger partial charge in [-0.15, -0.1) is 13.2 Å². The van der Waals surface area contributed by atoms with Crippen LogP contribution >= 0.6 is 0 Å². The number of benzene rings is 1. The second-order valence-electron chi connectivity index (χ2n) is 11.1. The zero-order valence-electron chi connectivity index (χ0n) is 23.6. The van der Waals surface area contributed by atoms with E-state index in [9.17, 15) is 19.5 Å². The molecule has 0 saturated carbocycles. The van der Waals surface area contributed by atoms with Crippen LogP contribution in [-0.4, -0.2) is 88.1 Å². The van der Waals surface area contributed by atoms with Crippen molar-refractivity contribution in [3.8, 4) is 0 Å². The summed E-state index contributed by atoms with van der Waals surface area (Å²) in [5, 5.41) is 10.6. The standard InChI is InChI=1S/C31H43N3O5/c1-6-10-20-33(19-8-3)29(38)26-31-17-16-30(9-4,39-31)24(27(36)32(5)18-7-2)25(31)28(37)34(26)23(21-35)22-14-12-11-13-15-22/h7-8,11-15,23-26,35H,2-3,6,9-10,16-21H2,1,4-5H3/t23-,24-,25+,26?,30+,31?/m1/s1. The van der Waals surface area contributed by atoms with Gasteiger partial charge in [0.25, 0.3) is 0 Å². The highest BCUT2D eigenvalue weighted by Gasteiger charge is 2.79. The molecule has 1 aromatic carbocycles. The fraction of sp³-hybridized carbons (Fsp3) is 0.581. The van der Waals surface area contributed by atoms with Gasteiger partial charge in [0, 0.05) is 26.7 Å². The van der Waals surface area contributed by atoms with Crippen molar-refractivity contribution in [2.75, 3.05) is 33.3 Å². The second-order valence-corrected chi connectivity index (χ2v) is 11.1. The summed E-state index contributed by atoms with van der Waals surface area (Å²) in [6, 6.07) is 7.58. The summed E-state index contributed by atoms with van der Waals surface area (Å²) >= 11 is 0. The van der Waals surface area contributed by atoms with Crippen LogP contribution in [0.25, 0.3) is 0 Å². The van der Waals surface area contributed by atoms with Gasteiger partial charge in [0.05, 0.1) is 30.1 Å². The maximum atomic E-state index is 14.6. The van der Waals surface area contributed by atoms with E-state index in [1.807, 2.05) is 37.3 Å². The molecule has 3 aliphatic heterocycles. The van der Waals surface area contributed by atoms with Gasteiger partial charge >= 0.3 is 0 Å². The number of carbonyl (C=O) groups excluding carboxylic acids is 3. The van der Waals surface area contributed by atoms with E-state index >= 15 is 0 Å². The van der Waals surface area contributed by atoms with Crippen molar-refractivity contribution in [1.29, 1.82) is 0 Å². The molecule has 39 heavy (non-hydrogen) atoms. The molecule has 0 aromatic heterocycles. The van der Waals surface area contributed by atoms with Gasteiger partial charge in [0.1, 0.15) is 11.6 Å². The lowest BCUT2D eigenvalue weighted by Gasteiger charge is -2.39. The van der Waals surface area contributed by atoms with Gasteiger partial charge in [-0.05, 0) is 31.2 Å². The molecule has 1 N–H and O–H groups in total. The average molecular weight is 538 g/mol. The Morgan fingerprint density at radius 1 is 1.15 bits per heavy atom. The first-order chi connectivity index (χ1) is 18.8. The number of likely N-dealkylation sites (N-methyl/N-ethyl adjacent to an activating group) is 1. The summed E-state index contributed by atoms with van der Waals surface area (Å²) < 4.78 is 6.89. The topological polar surface area (TPSA) is 90.4 Å². The molecule has 6 atom stereocenters. The summed E-state index contributed by atoms with van der Waals surface area (Å²) in [4.78, 5) is 47.8. The Labute approximate surface area is 232 Å². The van der Waals surface area contributed by atoms with E-state index in [0.29, 0.717) is 38.9 Å². The number of hydrogen-bond donors (Lipinski definition) is 1. The molecule has 4 rings (SSSR count). The number of fused-ring (bicyclic) bond motifs is 1. The molecule has 1 aromatic rings. The van der Waals surface area contributed by atoms with Gasteiger partial charge in [-0.1, -0.05) is 62.8 Å². The minimum atomic E-state index is -1.15. The van der Waals surface area contributed by atoms with Crippen LogP contribution in [0.4, 0.5) is 0 Å². The molecule has 212 valence electrons. The lowest BCUT2D eigenvalue weighted by Crippen LogP contribution is -2.57. The number of unbranched alkanes of at least 4 members (excludes halogenated alkanes) is 1.